The number of H-pyrrole nitrogens is 1. The highest BCUT2D eigenvalue weighted by molar-refractivity contribution is 7.80. The lowest BCUT2D eigenvalue weighted by atomic mass is 10.3. The van der Waals surface area contributed by atoms with Crippen molar-refractivity contribution in [2.24, 2.45) is 0 Å². The number of anilines is 2. The van der Waals surface area contributed by atoms with Gasteiger partial charge in [-0.2, -0.15) is 15.4 Å². The largest absolute Gasteiger partial charge is 0.332 e. The van der Waals surface area contributed by atoms with Crippen molar-refractivity contribution in [2.75, 3.05) is 10.6 Å². The summed E-state index contributed by atoms with van der Waals surface area (Å²) in [6, 6.07) is 15.4. The van der Waals surface area contributed by atoms with Gasteiger partial charge in [0.1, 0.15) is 11.0 Å². The average Bonchev–Trinajstić information content (AvgIpc) is 2.87. The fourth-order valence-electron chi connectivity index (χ4n) is 1.73. The number of thiocarbonyl (C=S) groups is 1. The highest BCUT2D eigenvalue weighted by atomic mass is 32.1. The Bertz CT molecular complexity index is 707. The molecule has 0 bridgehead atoms. The number of nitrogens with zero attached hydrogens (tertiary/aromatic N) is 2. The zero-order valence-electron chi connectivity index (χ0n) is 9.92. The maximum Gasteiger partial charge on any atom is 0.175 e. The van der Waals surface area contributed by atoms with Gasteiger partial charge in [0, 0.05) is 11.4 Å². The first-order valence-corrected chi connectivity index (χ1v) is 6.16. The second-order valence-electron chi connectivity index (χ2n) is 3.97. The molecule has 0 amide bonds. The summed E-state index contributed by atoms with van der Waals surface area (Å²) in [6.45, 7) is 0. The minimum absolute atomic E-state index is 0.536. The number of aromatic amines is 1. The van der Waals surface area contributed by atoms with Gasteiger partial charge in [-0.05, 0) is 42.5 Å². The molecule has 0 saturated carbocycles. The van der Waals surface area contributed by atoms with Gasteiger partial charge in [0.25, 0.3) is 0 Å². The Morgan fingerprint density at radius 3 is 2.47 bits per heavy atom. The van der Waals surface area contributed by atoms with E-state index in [1.165, 1.54) is 0 Å². The summed E-state index contributed by atoms with van der Waals surface area (Å²) in [4.78, 5) is 0. The fraction of sp³-hybridized carbons (Fsp3) is 0. The van der Waals surface area contributed by atoms with Gasteiger partial charge in [-0.15, -0.1) is 0 Å². The van der Waals surface area contributed by atoms with E-state index in [1.54, 1.807) is 0 Å². The van der Waals surface area contributed by atoms with Gasteiger partial charge < -0.3 is 10.6 Å². The second-order valence-corrected chi connectivity index (χ2v) is 4.38. The summed E-state index contributed by atoms with van der Waals surface area (Å²) in [5, 5.41) is 17.4. The van der Waals surface area contributed by atoms with Crippen LogP contribution in [0.25, 0.3) is 11.0 Å². The number of rotatable bonds is 2. The third kappa shape index (κ3) is 2.69. The van der Waals surface area contributed by atoms with E-state index >= 15 is 0 Å². The zero-order valence-corrected chi connectivity index (χ0v) is 10.7. The highest BCUT2D eigenvalue weighted by Crippen LogP contribution is 2.15. The maximum atomic E-state index is 5.25. The normalized spacial score (nSPS) is 10.3. The van der Waals surface area contributed by atoms with E-state index in [1.807, 2.05) is 48.5 Å². The Labute approximate surface area is 115 Å². The van der Waals surface area contributed by atoms with Crippen molar-refractivity contribution in [2.45, 2.75) is 0 Å². The number of hydrogen-bond donors (Lipinski definition) is 3. The number of aromatic nitrogens is 3. The molecule has 2 aromatic carbocycles. The molecule has 1 aromatic heterocycles. The molecule has 19 heavy (non-hydrogen) atoms. The van der Waals surface area contributed by atoms with Crippen molar-refractivity contribution >= 4 is 39.7 Å². The average molecular weight is 269 g/mol. The summed E-state index contributed by atoms with van der Waals surface area (Å²) >= 11 is 5.25. The van der Waals surface area contributed by atoms with Crippen LogP contribution in [0.15, 0.2) is 48.5 Å². The Kier molecular flexibility index (Phi) is 3.07. The number of benzene rings is 2. The van der Waals surface area contributed by atoms with E-state index in [4.69, 9.17) is 12.2 Å². The third-order valence-corrected chi connectivity index (χ3v) is 2.81. The van der Waals surface area contributed by atoms with E-state index in [0.29, 0.717) is 5.11 Å². The molecule has 94 valence electrons. The van der Waals surface area contributed by atoms with Gasteiger partial charge in [0.05, 0.1) is 0 Å². The Morgan fingerprint density at radius 1 is 0.895 bits per heavy atom. The summed E-state index contributed by atoms with van der Waals surface area (Å²) in [6.07, 6.45) is 0. The van der Waals surface area contributed by atoms with Crippen LogP contribution in [0.3, 0.4) is 0 Å². The van der Waals surface area contributed by atoms with Gasteiger partial charge in [-0.25, -0.2) is 0 Å². The van der Waals surface area contributed by atoms with Crippen LogP contribution in [0, 0.1) is 0 Å². The molecule has 3 rings (SSSR count). The summed E-state index contributed by atoms with van der Waals surface area (Å²) in [5.41, 5.74) is 3.44. The second kappa shape index (κ2) is 5.03. The number of hydrogen-bond acceptors (Lipinski definition) is 3. The Hall–Kier alpha value is -2.47. The molecular weight excluding hydrogens is 258 g/mol. The molecule has 5 nitrogen and oxygen atoms in total. The van der Waals surface area contributed by atoms with Crippen molar-refractivity contribution < 1.29 is 0 Å². The molecule has 0 saturated heterocycles. The van der Waals surface area contributed by atoms with Gasteiger partial charge in [0.2, 0.25) is 0 Å². The SMILES string of the molecule is S=C(Nc1ccccc1)Nc1ccc2n[nH]nc2c1. The zero-order chi connectivity index (χ0) is 13.1. The van der Waals surface area contributed by atoms with Crippen molar-refractivity contribution in [3.05, 3.63) is 48.5 Å². The Balaban J connectivity index is 1.72. The summed E-state index contributed by atoms with van der Waals surface area (Å²) < 4.78 is 0. The summed E-state index contributed by atoms with van der Waals surface area (Å²) in [7, 11) is 0. The van der Waals surface area contributed by atoms with Crippen LogP contribution in [0.4, 0.5) is 11.4 Å². The van der Waals surface area contributed by atoms with Crippen LogP contribution in [0.2, 0.25) is 0 Å². The summed E-state index contributed by atoms with van der Waals surface area (Å²) in [5.74, 6) is 0. The van der Waals surface area contributed by atoms with Crippen molar-refractivity contribution in [3.8, 4) is 0 Å². The fourth-order valence-corrected chi connectivity index (χ4v) is 1.97. The molecule has 0 unspecified atom stereocenters. The molecule has 6 heteroatoms. The first-order chi connectivity index (χ1) is 9.31. The molecule has 0 aliphatic heterocycles. The molecular formula is C13H11N5S. The van der Waals surface area contributed by atoms with Crippen LogP contribution in [0.1, 0.15) is 0 Å². The monoisotopic (exact) mass is 269 g/mol. The van der Waals surface area contributed by atoms with Gasteiger partial charge in [-0.3, -0.25) is 0 Å². The molecule has 3 N–H and O–H groups in total. The van der Waals surface area contributed by atoms with E-state index in [-0.39, 0.29) is 0 Å². The minimum Gasteiger partial charge on any atom is -0.332 e. The molecule has 3 aromatic rings. The van der Waals surface area contributed by atoms with Crippen molar-refractivity contribution in [1.29, 1.82) is 0 Å². The number of para-hydroxylation sites is 1. The minimum atomic E-state index is 0.536. The smallest absolute Gasteiger partial charge is 0.175 e. The molecule has 0 fully saturated rings. The molecule has 0 aliphatic carbocycles. The third-order valence-electron chi connectivity index (χ3n) is 2.61. The topological polar surface area (TPSA) is 65.6 Å². The van der Waals surface area contributed by atoms with E-state index in [0.717, 1.165) is 22.4 Å². The lowest BCUT2D eigenvalue weighted by Crippen LogP contribution is -2.18. The van der Waals surface area contributed by atoms with E-state index < -0.39 is 0 Å². The molecule has 0 radical (unpaired) electrons. The lowest BCUT2D eigenvalue weighted by Gasteiger charge is -2.10. The maximum absolute atomic E-state index is 5.25. The predicted molar refractivity (Wildman–Crippen MR) is 80.2 cm³/mol. The van der Waals surface area contributed by atoms with Crippen LogP contribution < -0.4 is 10.6 Å². The van der Waals surface area contributed by atoms with Crippen molar-refractivity contribution in [3.63, 3.8) is 0 Å². The lowest BCUT2D eigenvalue weighted by molar-refractivity contribution is 0.959. The first-order valence-electron chi connectivity index (χ1n) is 5.75. The highest BCUT2D eigenvalue weighted by Gasteiger charge is 2.02. The van der Waals surface area contributed by atoms with E-state index in [9.17, 15) is 0 Å². The van der Waals surface area contributed by atoms with Gasteiger partial charge in [-0.1, -0.05) is 18.2 Å². The standard InChI is InChI=1S/C13H11N5S/c19-13(14-9-4-2-1-3-5-9)15-10-6-7-11-12(8-10)17-18-16-11/h1-8H,(H2,14,15,19)(H,16,17,18). The van der Waals surface area contributed by atoms with Crippen LogP contribution >= 0.6 is 12.2 Å². The predicted octanol–water partition coefficient (Wildman–Crippen LogP) is 2.77. The van der Waals surface area contributed by atoms with E-state index in [2.05, 4.69) is 26.0 Å². The number of nitrogens with one attached hydrogen (secondary N) is 3. The van der Waals surface area contributed by atoms with Gasteiger partial charge in [0.15, 0.2) is 5.11 Å². The van der Waals surface area contributed by atoms with Gasteiger partial charge >= 0.3 is 0 Å². The first kappa shape index (κ1) is 11.6. The molecule has 1 heterocycles. The molecule has 0 aliphatic rings. The van der Waals surface area contributed by atoms with Crippen LogP contribution in [-0.4, -0.2) is 20.5 Å². The van der Waals surface area contributed by atoms with Crippen LogP contribution in [0.5, 0.6) is 0 Å². The van der Waals surface area contributed by atoms with Crippen molar-refractivity contribution in [1.82, 2.24) is 15.4 Å². The Morgan fingerprint density at radius 2 is 1.63 bits per heavy atom. The molecule has 0 atom stereocenters. The quantitative estimate of drug-likeness (QED) is 0.624. The number of fused-ring (bicyclic) bond motifs is 1. The van der Waals surface area contributed by atoms with Crippen LogP contribution in [-0.2, 0) is 0 Å². The molecule has 0 spiro atoms.